The van der Waals surface area contributed by atoms with E-state index < -0.39 is 43.4 Å². The molecule has 1 aromatic heterocycles. The zero-order chi connectivity index (χ0) is 25.0. The van der Waals surface area contributed by atoms with E-state index in [1.54, 1.807) is 26.1 Å². The molecule has 0 aliphatic carbocycles. The Morgan fingerprint density at radius 1 is 1.15 bits per heavy atom. The minimum absolute atomic E-state index is 0.00465. The van der Waals surface area contributed by atoms with Crippen molar-refractivity contribution in [3.8, 4) is 5.75 Å². The summed E-state index contributed by atoms with van der Waals surface area (Å²) in [6, 6.07) is 5.09. The molecule has 2 aromatic rings. The number of nitrogens with zero attached hydrogens (tertiary/aromatic N) is 1. The molecular weight excluding hydrogens is 451 g/mol. The van der Waals surface area contributed by atoms with Gasteiger partial charge < -0.3 is 18.8 Å². The van der Waals surface area contributed by atoms with Crippen LogP contribution in [0.2, 0.25) is 18.1 Å². The number of alkyl halides is 3. The average Bonchev–Trinajstić information content (AvgIpc) is 2.66. The van der Waals surface area contributed by atoms with E-state index >= 15 is 0 Å². The van der Waals surface area contributed by atoms with E-state index in [0.717, 1.165) is 12.1 Å². The van der Waals surface area contributed by atoms with Gasteiger partial charge in [0.15, 0.2) is 8.32 Å². The van der Waals surface area contributed by atoms with Crippen LogP contribution in [0.15, 0.2) is 41.3 Å². The average molecular weight is 484 g/mol. The van der Waals surface area contributed by atoms with Crippen LogP contribution in [0.25, 0.3) is 0 Å². The van der Waals surface area contributed by atoms with Gasteiger partial charge in [0, 0.05) is 17.8 Å². The minimum Gasteiger partial charge on any atom is -0.485 e. The van der Waals surface area contributed by atoms with Gasteiger partial charge in [0.1, 0.15) is 17.5 Å². The second-order valence-corrected chi connectivity index (χ2v) is 15.5. The second kappa shape index (κ2) is 8.28. The van der Waals surface area contributed by atoms with Gasteiger partial charge in [-0.3, -0.25) is 4.79 Å². The van der Waals surface area contributed by atoms with Crippen molar-refractivity contribution in [2.75, 3.05) is 0 Å². The maximum atomic E-state index is 13.4. The molecule has 1 aromatic carbocycles. The summed E-state index contributed by atoms with van der Waals surface area (Å²) in [5.74, 6) is 0.207. The summed E-state index contributed by atoms with van der Waals surface area (Å²) < 4.78 is 53.6. The maximum Gasteiger partial charge on any atom is 0.416 e. The van der Waals surface area contributed by atoms with Crippen LogP contribution in [0.1, 0.15) is 57.4 Å². The van der Waals surface area contributed by atoms with Crippen molar-refractivity contribution in [1.29, 1.82) is 0 Å². The van der Waals surface area contributed by atoms with Crippen LogP contribution < -0.4 is 10.3 Å². The summed E-state index contributed by atoms with van der Waals surface area (Å²) in [4.78, 5) is 12.8. The Hall–Kier alpha value is -2.10. The van der Waals surface area contributed by atoms with Gasteiger partial charge in [-0.2, -0.15) is 13.2 Å². The van der Waals surface area contributed by atoms with E-state index in [1.807, 2.05) is 0 Å². The third-order valence-electron chi connectivity index (χ3n) is 6.75. The van der Waals surface area contributed by atoms with Crippen LogP contribution in [0.5, 0.6) is 5.75 Å². The Bertz CT molecular complexity index is 1090. The van der Waals surface area contributed by atoms with Crippen LogP contribution in [0, 0.1) is 0 Å². The van der Waals surface area contributed by atoms with Gasteiger partial charge in [0.2, 0.25) is 0 Å². The van der Waals surface area contributed by atoms with Gasteiger partial charge in [0.25, 0.3) is 5.56 Å². The molecule has 2 atom stereocenters. The van der Waals surface area contributed by atoms with E-state index in [-0.39, 0.29) is 23.0 Å². The first-order chi connectivity index (χ1) is 14.9. The standard InChI is InChI=1S/C24H32F3NO4Si/c1-22(2,3)33(6,7)31-14-15-8-11-19(29)28(13-15)20-17-12-16(24(25,26)27)9-10-18(17)32-23(4,5)21(20)30/h8-13,20-21,30H,14H2,1-7H3/t20-,21+/m1/s1. The summed E-state index contributed by atoms with van der Waals surface area (Å²) in [6.07, 6.45) is -4.27. The highest BCUT2D eigenvalue weighted by Gasteiger charge is 2.45. The molecule has 0 saturated heterocycles. The van der Waals surface area contributed by atoms with Crippen molar-refractivity contribution in [3.63, 3.8) is 0 Å². The fraction of sp³-hybridized carbons (Fsp3) is 0.542. The number of hydrogen-bond donors (Lipinski definition) is 1. The van der Waals surface area contributed by atoms with Gasteiger partial charge in [0.05, 0.1) is 18.2 Å². The molecule has 0 bridgehead atoms. The maximum absolute atomic E-state index is 13.4. The summed E-state index contributed by atoms with van der Waals surface area (Å²) >= 11 is 0. The lowest BCUT2D eigenvalue weighted by Crippen LogP contribution is -2.52. The molecule has 9 heteroatoms. The van der Waals surface area contributed by atoms with Gasteiger partial charge in [-0.25, -0.2) is 0 Å². The van der Waals surface area contributed by atoms with Gasteiger partial charge in [-0.15, -0.1) is 0 Å². The minimum atomic E-state index is -4.57. The zero-order valence-corrected chi connectivity index (χ0v) is 21.1. The van der Waals surface area contributed by atoms with Crippen LogP contribution in [-0.2, 0) is 17.2 Å². The summed E-state index contributed by atoms with van der Waals surface area (Å²) in [5, 5.41) is 11.1. The first-order valence-corrected chi connectivity index (χ1v) is 13.8. The number of fused-ring (bicyclic) bond motifs is 1. The molecule has 2 heterocycles. The molecule has 182 valence electrons. The Morgan fingerprint density at radius 3 is 2.36 bits per heavy atom. The molecule has 1 aliphatic heterocycles. The van der Waals surface area contributed by atoms with E-state index in [2.05, 4.69) is 33.9 Å². The van der Waals surface area contributed by atoms with Crippen molar-refractivity contribution >= 4 is 8.32 Å². The Morgan fingerprint density at radius 2 is 1.79 bits per heavy atom. The van der Waals surface area contributed by atoms with Gasteiger partial charge in [-0.05, 0) is 61.8 Å². The van der Waals surface area contributed by atoms with E-state index in [4.69, 9.17) is 9.16 Å². The number of halogens is 3. The zero-order valence-electron chi connectivity index (χ0n) is 20.1. The molecule has 0 unspecified atom stereocenters. The molecule has 0 radical (unpaired) electrons. The third kappa shape index (κ3) is 5.05. The topological polar surface area (TPSA) is 60.7 Å². The fourth-order valence-electron chi connectivity index (χ4n) is 3.58. The largest absolute Gasteiger partial charge is 0.485 e. The number of ether oxygens (including phenoxy) is 1. The van der Waals surface area contributed by atoms with Crippen LogP contribution in [-0.4, -0.2) is 29.7 Å². The van der Waals surface area contributed by atoms with Crippen molar-refractivity contribution in [1.82, 2.24) is 4.57 Å². The van der Waals surface area contributed by atoms with Crippen LogP contribution in [0.3, 0.4) is 0 Å². The normalized spacial score (nSPS) is 20.8. The molecule has 0 fully saturated rings. The monoisotopic (exact) mass is 483 g/mol. The smallest absolute Gasteiger partial charge is 0.416 e. The predicted molar refractivity (Wildman–Crippen MR) is 123 cm³/mol. The molecule has 1 aliphatic rings. The Labute approximate surface area is 193 Å². The van der Waals surface area contributed by atoms with E-state index in [9.17, 15) is 23.1 Å². The fourth-order valence-corrected chi connectivity index (χ4v) is 4.54. The summed E-state index contributed by atoms with van der Waals surface area (Å²) in [7, 11) is -2.06. The molecule has 1 N–H and O–H groups in total. The van der Waals surface area contributed by atoms with Crippen molar-refractivity contribution in [3.05, 3.63) is 63.6 Å². The highest BCUT2D eigenvalue weighted by atomic mass is 28.4. The number of benzene rings is 1. The molecule has 3 rings (SSSR count). The van der Waals surface area contributed by atoms with Crippen LogP contribution >= 0.6 is 0 Å². The first-order valence-electron chi connectivity index (χ1n) is 10.9. The molecule has 5 nitrogen and oxygen atoms in total. The summed E-state index contributed by atoms with van der Waals surface area (Å²) in [6.45, 7) is 14.1. The summed E-state index contributed by atoms with van der Waals surface area (Å²) in [5.41, 5.74) is -1.61. The van der Waals surface area contributed by atoms with Gasteiger partial charge in [-0.1, -0.05) is 20.8 Å². The van der Waals surface area contributed by atoms with Crippen LogP contribution in [0.4, 0.5) is 13.2 Å². The number of aromatic nitrogens is 1. The van der Waals surface area contributed by atoms with Crippen molar-refractivity contribution in [2.45, 2.75) is 83.3 Å². The lowest BCUT2D eigenvalue weighted by atomic mass is 9.85. The number of rotatable bonds is 4. The molecule has 0 spiro atoms. The first kappa shape index (κ1) is 25.5. The van der Waals surface area contributed by atoms with E-state index in [0.29, 0.717) is 5.56 Å². The highest BCUT2D eigenvalue weighted by molar-refractivity contribution is 6.74. The predicted octanol–water partition coefficient (Wildman–Crippen LogP) is 5.51. The SMILES string of the molecule is CC1(C)Oc2ccc(C(F)(F)F)cc2[C@@H](n2cc(CO[Si](C)(C)C(C)(C)C)ccc2=O)[C@@H]1O. The third-order valence-corrected chi connectivity index (χ3v) is 11.2. The molecule has 0 saturated carbocycles. The van der Waals surface area contributed by atoms with E-state index in [1.165, 1.54) is 16.7 Å². The quantitative estimate of drug-likeness (QED) is 0.583. The molecule has 0 amide bonds. The molecular formula is C24H32F3NO4Si. The van der Waals surface area contributed by atoms with Gasteiger partial charge >= 0.3 is 6.18 Å². The Kier molecular flexibility index (Phi) is 6.41. The number of aliphatic hydroxyl groups excluding tert-OH is 1. The lowest BCUT2D eigenvalue weighted by Gasteiger charge is -2.43. The molecule has 33 heavy (non-hydrogen) atoms. The highest BCUT2D eigenvalue weighted by Crippen LogP contribution is 2.44. The Balaban J connectivity index is 2.08. The second-order valence-electron chi connectivity index (χ2n) is 10.7. The number of aliphatic hydroxyl groups is 1. The van der Waals surface area contributed by atoms with Crippen molar-refractivity contribution < 1.29 is 27.4 Å². The number of pyridine rings is 1. The van der Waals surface area contributed by atoms with Crippen molar-refractivity contribution in [2.24, 2.45) is 0 Å². The number of hydrogen-bond acceptors (Lipinski definition) is 4. The lowest BCUT2D eigenvalue weighted by molar-refractivity contribution is -0.137.